The number of carbonyl (C=O) groups excluding carboxylic acids is 1. The lowest BCUT2D eigenvalue weighted by Crippen LogP contribution is -2.16. The number of nitrogen functional groups attached to an aromatic ring is 1. The molecule has 0 saturated carbocycles. The monoisotopic (exact) mass is 352 g/mol. The van der Waals surface area contributed by atoms with Crippen LogP contribution in [0.4, 0.5) is 11.4 Å². The molecule has 0 fully saturated rings. The summed E-state index contributed by atoms with van der Waals surface area (Å²) in [5.74, 6) is 0.522. The van der Waals surface area contributed by atoms with Gasteiger partial charge in [-0.25, -0.2) is 0 Å². The third kappa shape index (κ3) is 6.65. The molecule has 1 atom stereocenters. The molecule has 0 saturated heterocycles. The molecule has 0 aliphatic heterocycles. The van der Waals surface area contributed by atoms with Crippen LogP contribution in [0.25, 0.3) is 0 Å². The van der Waals surface area contributed by atoms with Gasteiger partial charge in [0.05, 0.1) is 15.7 Å². The van der Waals surface area contributed by atoms with Crippen LogP contribution in [0.1, 0.15) is 12.8 Å². The highest BCUT2D eigenvalue weighted by Crippen LogP contribution is 2.32. The molecule has 0 bridgehead atoms. The van der Waals surface area contributed by atoms with Crippen LogP contribution in [0.2, 0.25) is 10.0 Å². The molecule has 0 heterocycles. The summed E-state index contributed by atoms with van der Waals surface area (Å²) in [4.78, 5) is 11.8. The molecule has 3 N–H and O–H groups in total. The first kappa shape index (κ1) is 18.2. The summed E-state index contributed by atoms with van der Waals surface area (Å²) in [6.45, 7) is 0.564. The summed E-state index contributed by atoms with van der Waals surface area (Å²) in [6, 6.07) is 3.01. The van der Waals surface area contributed by atoms with Gasteiger partial charge in [-0.3, -0.25) is 9.00 Å². The van der Waals surface area contributed by atoms with E-state index in [1.807, 2.05) is 0 Å². The quantitative estimate of drug-likeness (QED) is 0.556. The minimum atomic E-state index is -1.04. The third-order valence-electron chi connectivity index (χ3n) is 2.61. The van der Waals surface area contributed by atoms with Crippen molar-refractivity contribution in [3.63, 3.8) is 0 Å². The van der Waals surface area contributed by atoms with Gasteiger partial charge in [0, 0.05) is 48.1 Å². The van der Waals surface area contributed by atoms with Gasteiger partial charge in [0.2, 0.25) is 5.91 Å². The van der Waals surface area contributed by atoms with E-state index in [1.165, 1.54) is 12.1 Å². The van der Waals surface area contributed by atoms with Crippen LogP contribution in [0.15, 0.2) is 12.1 Å². The molecule has 1 aromatic rings. The number of nitrogens with one attached hydrogen (secondary N) is 1. The van der Waals surface area contributed by atoms with Gasteiger partial charge in [-0.1, -0.05) is 23.2 Å². The molecule has 1 aromatic carbocycles. The van der Waals surface area contributed by atoms with Crippen molar-refractivity contribution in [2.24, 2.45) is 0 Å². The molecule has 1 amide bonds. The lowest BCUT2D eigenvalue weighted by molar-refractivity contribution is -0.115. The van der Waals surface area contributed by atoms with Gasteiger partial charge in [-0.05, 0) is 18.6 Å². The number of rotatable bonds is 8. The fourth-order valence-corrected chi connectivity index (χ4v) is 3.24. The van der Waals surface area contributed by atoms with Crippen molar-refractivity contribution in [3.05, 3.63) is 22.2 Å². The highest BCUT2D eigenvalue weighted by Gasteiger charge is 2.12. The van der Waals surface area contributed by atoms with Crippen LogP contribution in [-0.2, 0) is 20.3 Å². The van der Waals surface area contributed by atoms with Crippen LogP contribution in [0.5, 0.6) is 0 Å². The number of benzene rings is 1. The van der Waals surface area contributed by atoms with Gasteiger partial charge in [-0.2, -0.15) is 0 Å². The Kier molecular flexibility index (Phi) is 8.03. The maximum absolute atomic E-state index is 11.8. The Labute approximate surface area is 136 Å². The van der Waals surface area contributed by atoms with Crippen molar-refractivity contribution in [1.29, 1.82) is 0 Å². The Morgan fingerprint density at radius 2 is 1.95 bits per heavy atom. The second-order valence-electron chi connectivity index (χ2n) is 4.35. The van der Waals surface area contributed by atoms with E-state index in [0.29, 0.717) is 35.9 Å². The van der Waals surface area contributed by atoms with Crippen molar-refractivity contribution in [2.45, 2.75) is 12.8 Å². The SMILES string of the molecule is COCCCS(=O)CCC(=O)Nc1c(Cl)cc(N)cc1Cl. The van der Waals surface area contributed by atoms with Gasteiger partial charge in [-0.15, -0.1) is 0 Å². The van der Waals surface area contributed by atoms with Gasteiger partial charge < -0.3 is 15.8 Å². The zero-order valence-electron chi connectivity index (χ0n) is 11.7. The number of hydrogen-bond acceptors (Lipinski definition) is 4. The second-order valence-corrected chi connectivity index (χ2v) is 6.86. The predicted molar refractivity (Wildman–Crippen MR) is 88.5 cm³/mol. The lowest BCUT2D eigenvalue weighted by Gasteiger charge is -2.10. The molecule has 0 aromatic heterocycles. The molecule has 0 aliphatic rings. The molecule has 8 heteroatoms. The van der Waals surface area contributed by atoms with Crippen molar-refractivity contribution >= 4 is 51.3 Å². The Morgan fingerprint density at radius 1 is 1.33 bits per heavy atom. The van der Waals surface area contributed by atoms with E-state index < -0.39 is 10.8 Å². The number of carbonyl (C=O) groups is 1. The summed E-state index contributed by atoms with van der Waals surface area (Å²) in [6.07, 6.45) is 0.844. The molecule has 0 spiro atoms. The molecule has 0 radical (unpaired) electrons. The molecule has 1 rings (SSSR count). The maximum atomic E-state index is 11.8. The van der Waals surface area contributed by atoms with Crippen molar-refractivity contribution < 1.29 is 13.7 Å². The number of nitrogens with two attached hydrogens (primary N) is 1. The zero-order chi connectivity index (χ0) is 15.8. The fourth-order valence-electron chi connectivity index (χ4n) is 1.59. The molecule has 5 nitrogen and oxygen atoms in total. The van der Waals surface area contributed by atoms with Gasteiger partial charge in [0.15, 0.2) is 0 Å². The van der Waals surface area contributed by atoms with Gasteiger partial charge in [0.1, 0.15) is 0 Å². The molecule has 1 unspecified atom stereocenters. The summed E-state index contributed by atoms with van der Waals surface area (Å²) in [5.41, 5.74) is 6.32. The first-order valence-corrected chi connectivity index (χ1v) is 8.56. The molecule has 0 aliphatic carbocycles. The van der Waals surface area contributed by atoms with E-state index in [9.17, 15) is 9.00 Å². The summed E-state index contributed by atoms with van der Waals surface area (Å²) < 4.78 is 16.5. The molecular weight excluding hydrogens is 335 g/mol. The van der Waals surface area contributed by atoms with Crippen molar-refractivity contribution in [1.82, 2.24) is 0 Å². The van der Waals surface area contributed by atoms with Crippen LogP contribution in [-0.4, -0.2) is 35.3 Å². The standard InChI is InChI=1S/C13H18Cl2N2O3S/c1-20-4-2-5-21(19)6-3-12(18)17-13-10(14)7-9(16)8-11(13)15/h7-8H,2-6,16H2,1H3,(H,17,18). The van der Waals surface area contributed by atoms with E-state index in [-0.39, 0.29) is 22.4 Å². The summed E-state index contributed by atoms with van der Waals surface area (Å²) in [7, 11) is 0.552. The van der Waals surface area contributed by atoms with Crippen LogP contribution in [0.3, 0.4) is 0 Å². The Bertz CT molecular complexity index is 503. The number of methoxy groups -OCH3 is 1. The minimum Gasteiger partial charge on any atom is -0.399 e. The maximum Gasteiger partial charge on any atom is 0.225 e. The smallest absolute Gasteiger partial charge is 0.225 e. The average Bonchev–Trinajstić information content (AvgIpc) is 2.41. The number of halogens is 2. The second kappa shape index (κ2) is 9.25. The number of hydrogen-bond donors (Lipinski definition) is 2. The highest BCUT2D eigenvalue weighted by molar-refractivity contribution is 7.84. The van der Waals surface area contributed by atoms with E-state index >= 15 is 0 Å². The normalized spacial score (nSPS) is 12.1. The first-order valence-electron chi connectivity index (χ1n) is 6.32. The predicted octanol–water partition coefficient (Wildman–Crippen LogP) is 2.69. The molecular formula is C13H18Cl2N2O3S. The van der Waals surface area contributed by atoms with Gasteiger partial charge in [0.25, 0.3) is 0 Å². The van der Waals surface area contributed by atoms with E-state index in [0.717, 1.165) is 0 Å². The Balaban J connectivity index is 2.46. The summed E-state index contributed by atoms with van der Waals surface area (Å²) in [5, 5.41) is 3.16. The van der Waals surface area contributed by atoms with Crippen molar-refractivity contribution in [2.75, 3.05) is 36.3 Å². The lowest BCUT2D eigenvalue weighted by atomic mass is 10.2. The topological polar surface area (TPSA) is 81.4 Å². The van der Waals surface area contributed by atoms with E-state index in [2.05, 4.69) is 5.32 Å². The van der Waals surface area contributed by atoms with Gasteiger partial charge >= 0.3 is 0 Å². The van der Waals surface area contributed by atoms with Crippen LogP contribution >= 0.6 is 23.2 Å². The van der Waals surface area contributed by atoms with E-state index in [4.69, 9.17) is 33.7 Å². The molecule has 21 heavy (non-hydrogen) atoms. The highest BCUT2D eigenvalue weighted by atomic mass is 35.5. The van der Waals surface area contributed by atoms with E-state index in [1.54, 1.807) is 7.11 Å². The zero-order valence-corrected chi connectivity index (χ0v) is 14.0. The third-order valence-corrected chi connectivity index (χ3v) is 4.61. The summed E-state index contributed by atoms with van der Waals surface area (Å²) >= 11 is 11.9. The van der Waals surface area contributed by atoms with Crippen LogP contribution in [0, 0.1) is 0 Å². The fraction of sp³-hybridized carbons (Fsp3) is 0.462. The van der Waals surface area contributed by atoms with Crippen LogP contribution < -0.4 is 11.1 Å². The average molecular weight is 353 g/mol. The Morgan fingerprint density at radius 3 is 2.52 bits per heavy atom. The van der Waals surface area contributed by atoms with Crippen molar-refractivity contribution in [3.8, 4) is 0 Å². The number of anilines is 2. The molecule has 118 valence electrons. The minimum absolute atomic E-state index is 0.136. The number of amides is 1. The first-order chi connectivity index (χ1) is 9.93. The number of ether oxygens (including phenoxy) is 1. The largest absolute Gasteiger partial charge is 0.399 e. The Hall–Kier alpha value is -0.820.